The Labute approximate surface area is 98.0 Å². The highest BCUT2D eigenvalue weighted by Gasteiger charge is 2.08. The van der Waals surface area contributed by atoms with Crippen molar-refractivity contribution >= 4 is 17.5 Å². The second-order valence-corrected chi connectivity index (χ2v) is 3.58. The molecule has 1 aromatic carbocycles. The van der Waals surface area contributed by atoms with Gasteiger partial charge in [0.25, 0.3) is 0 Å². The molecular formula is C11H10ClN3O. The molecule has 82 valence electrons. The molecule has 5 heteroatoms. The Morgan fingerprint density at radius 3 is 2.81 bits per heavy atom. The second-order valence-electron chi connectivity index (χ2n) is 3.14. The zero-order valence-electron chi connectivity index (χ0n) is 8.64. The van der Waals surface area contributed by atoms with Crippen molar-refractivity contribution in [1.29, 1.82) is 0 Å². The first-order chi connectivity index (χ1) is 7.70. The van der Waals surface area contributed by atoms with Gasteiger partial charge in [-0.25, -0.2) is 9.97 Å². The molecule has 2 N–H and O–H groups in total. The molecule has 0 unspecified atom stereocenters. The fraction of sp³-hybridized carbons (Fsp3) is 0.0909. The third-order valence-corrected chi connectivity index (χ3v) is 2.35. The lowest BCUT2D eigenvalue weighted by molar-refractivity contribution is 0.416. The molecule has 4 nitrogen and oxygen atoms in total. The topological polar surface area (TPSA) is 61.0 Å². The van der Waals surface area contributed by atoms with Crippen LogP contribution in [0.5, 0.6) is 5.75 Å². The third-order valence-electron chi connectivity index (χ3n) is 2.11. The lowest BCUT2D eigenvalue weighted by atomic mass is 10.1. The number of nitrogen functional groups attached to an aromatic ring is 1. The molecular weight excluding hydrogens is 226 g/mol. The molecule has 0 bridgehead atoms. The van der Waals surface area contributed by atoms with Crippen molar-refractivity contribution in [1.82, 2.24) is 9.97 Å². The van der Waals surface area contributed by atoms with Crippen LogP contribution in [0.2, 0.25) is 5.02 Å². The second kappa shape index (κ2) is 4.37. The number of anilines is 1. The molecule has 16 heavy (non-hydrogen) atoms. The molecule has 0 amide bonds. The van der Waals surface area contributed by atoms with Gasteiger partial charge in [-0.15, -0.1) is 0 Å². The highest BCUT2D eigenvalue weighted by atomic mass is 35.5. The van der Waals surface area contributed by atoms with E-state index in [4.69, 9.17) is 22.1 Å². The van der Waals surface area contributed by atoms with Crippen molar-refractivity contribution in [2.75, 3.05) is 12.8 Å². The highest BCUT2D eigenvalue weighted by molar-refractivity contribution is 6.30. The minimum atomic E-state index is 0.222. The zero-order chi connectivity index (χ0) is 11.5. The number of aromatic nitrogens is 2. The Hall–Kier alpha value is -1.81. The Balaban J connectivity index is 2.58. The van der Waals surface area contributed by atoms with Crippen LogP contribution in [0.25, 0.3) is 11.3 Å². The average Bonchev–Trinajstić information content (AvgIpc) is 2.29. The van der Waals surface area contributed by atoms with E-state index in [2.05, 4.69) is 9.97 Å². The van der Waals surface area contributed by atoms with Gasteiger partial charge in [-0.1, -0.05) is 11.6 Å². The maximum Gasteiger partial charge on any atom is 0.220 e. The monoisotopic (exact) mass is 235 g/mol. The summed E-state index contributed by atoms with van der Waals surface area (Å²) in [6.07, 6.45) is 1.60. The van der Waals surface area contributed by atoms with E-state index < -0.39 is 0 Å². The van der Waals surface area contributed by atoms with Crippen LogP contribution in [0, 0.1) is 0 Å². The van der Waals surface area contributed by atoms with Gasteiger partial charge in [0.05, 0.1) is 12.8 Å². The molecule has 2 aromatic rings. The highest BCUT2D eigenvalue weighted by Crippen LogP contribution is 2.31. The van der Waals surface area contributed by atoms with Gasteiger partial charge >= 0.3 is 0 Å². The van der Waals surface area contributed by atoms with E-state index in [1.165, 1.54) is 0 Å². The van der Waals surface area contributed by atoms with Gasteiger partial charge in [0.1, 0.15) is 5.75 Å². The van der Waals surface area contributed by atoms with E-state index >= 15 is 0 Å². The molecule has 0 fully saturated rings. The summed E-state index contributed by atoms with van der Waals surface area (Å²) in [5, 5.41) is 0.619. The third kappa shape index (κ3) is 2.06. The standard InChI is InChI=1S/C11H10ClN3O/c1-16-10-3-2-7(12)6-8(10)9-4-5-14-11(13)15-9/h2-6H,1H3,(H2,13,14,15). The number of ether oxygens (including phenoxy) is 1. The van der Waals surface area contributed by atoms with Gasteiger partial charge in [0.2, 0.25) is 5.95 Å². The van der Waals surface area contributed by atoms with E-state index in [0.717, 1.165) is 5.56 Å². The van der Waals surface area contributed by atoms with Crippen molar-refractivity contribution in [2.45, 2.75) is 0 Å². The Morgan fingerprint density at radius 1 is 1.31 bits per heavy atom. The Bertz CT molecular complexity index is 516. The quantitative estimate of drug-likeness (QED) is 0.868. The van der Waals surface area contributed by atoms with E-state index in [1.807, 2.05) is 0 Å². The number of rotatable bonds is 2. The summed E-state index contributed by atoms with van der Waals surface area (Å²) in [4.78, 5) is 7.96. The largest absolute Gasteiger partial charge is 0.496 e. The minimum absolute atomic E-state index is 0.222. The molecule has 1 aromatic heterocycles. The smallest absolute Gasteiger partial charge is 0.220 e. The number of methoxy groups -OCH3 is 1. The van der Waals surface area contributed by atoms with Crippen LogP contribution in [0.4, 0.5) is 5.95 Å². The van der Waals surface area contributed by atoms with Crippen LogP contribution in [0.1, 0.15) is 0 Å². The van der Waals surface area contributed by atoms with Crippen molar-refractivity contribution < 1.29 is 4.74 Å². The molecule has 1 heterocycles. The first kappa shape index (κ1) is 10.7. The Kier molecular flexibility index (Phi) is 2.92. The maximum absolute atomic E-state index is 5.93. The van der Waals surface area contributed by atoms with Crippen molar-refractivity contribution in [2.24, 2.45) is 0 Å². The molecule has 0 spiro atoms. The molecule has 2 rings (SSSR count). The van der Waals surface area contributed by atoms with Crippen molar-refractivity contribution in [3.63, 3.8) is 0 Å². The molecule has 0 radical (unpaired) electrons. The van der Waals surface area contributed by atoms with E-state index in [0.29, 0.717) is 16.5 Å². The number of halogens is 1. The molecule has 0 atom stereocenters. The predicted molar refractivity (Wildman–Crippen MR) is 63.4 cm³/mol. The summed E-state index contributed by atoms with van der Waals surface area (Å²) in [5.74, 6) is 0.919. The van der Waals surface area contributed by atoms with E-state index in [9.17, 15) is 0 Å². The first-order valence-electron chi connectivity index (χ1n) is 4.63. The van der Waals surface area contributed by atoms with Gasteiger partial charge in [-0.3, -0.25) is 0 Å². The lowest BCUT2D eigenvalue weighted by Crippen LogP contribution is -1.96. The fourth-order valence-electron chi connectivity index (χ4n) is 1.40. The zero-order valence-corrected chi connectivity index (χ0v) is 9.40. The molecule has 0 saturated carbocycles. The van der Waals surface area contributed by atoms with Gasteiger partial charge in [-0.2, -0.15) is 0 Å². The number of hydrogen-bond donors (Lipinski definition) is 1. The number of hydrogen-bond acceptors (Lipinski definition) is 4. The fourth-order valence-corrected chi connectivity index (χ4v) is 1.58. The van der Waals surface area contributed by atoms with Crippen LogP contribution in [0.3, 0.4) is 0 Å². The molecule has 0 saturated heterocycles. The lowest BCUT2D eigenvalue weighted by Gasteiger charge is -2.08. The van der Waals surface area contributed by atoms with Crippen molar-refractivity contribution in [3.8, 4) is 17.0 Å². The van der Waals surface area contributed by atoms with Crippen LogP contribution < -0.4 is 10.5 Å². The summed E-state index contributed by atoms with van der Waals surface area (Å²) in [7, 11) is 1.59. The van der Waals surface area contributed by atoms with Crippen LogP contribution >= 0.6 is 11.6 Å². The van der Waals surface area contributed by atoms with Crippen LogP contribution in [0.15, 0.2) is 30.5 Å². The summed E-state index contributed by atoms with van der Waals surface area (Å²) in [5.41, 5.74) is 7.01. The first-order valence-corrected chi connectivity index (χ1v) is 5.01. The molecule has 0 aliphatic heterocycles. The number of nitrogens with two attached hydrogens (primary N) is 1. The van der Waals surface area contributed by atoms with Crippen molar-refractivity contribution in [3.05, 3.63) is 35.5 Å². The molecule has 0 aliphatic rings. The Morgan fingerprint density at radius 2 is 2.12 bits per heavy atom. The summed E-state index contributed by atoms with van der Waals surface area (Å²) in [6, 6.07) is 7.08. The number of benzene rings is 1. The normalized spacial score (nSPS) is 10.1. The van der Waals surface area contributed by atoms with E-state index in [1.54, 1.807) is 37.6 Å². The maximum atomic E-state index is 5.93. The van der Waals surface area contributed by atoms with Gasteiger partial charge < -0.3 is 10.5 Å². The van der Waals surface area contributed by atoms with E-state index in [-0.39, 0.29) is 5.95 Å². The predicted octanol–water partition coefficient (Wildman–Crippen LogP) is 2.39. The van der Waals surface area contributed by atoms with Gasteiger partial charge in [0, 0.05) is 16.8 Å². The minimum Gasteiger partial charge on any atom is -0.496 e. The average molecular weight is 236 g/mol. The van der Waals surface area contributed by atoms with Gasteiger partial charge in [-0.05, 0) is 24.3 Å². The molecule has 0 aliphatic carbocycles. The van der Waals surface area contributed by atoms with Gasteiger partial charge in [0.15, 0.2) is 0 Å². The summed E-state index contributed by atoms with van der Waals surface area (Å²) >= 11 is 5.93. The summed E-state index contributed by atoms with van der Waals surface area (Å²) in [6.45, 7) is 0. The van der Waals surface area contributed by atoms with Crippen LogP contribution in [-0.4, -0.2) is 17.1 Å². The van der Waals surface area contributed by atoms with Crippen LogP contribution in [-0.2, 0) is 0 Å². The number of nitrogens with zero attached hydrogens (tertiary/aromatic N) is 2. The summed E-state index contributed by atoms with van der Waals surface area (Å²) < 4.78 is 5.23. The SMILES string of the molecule is COc1ccc(Cl)cc1-c1ccnc(N)n1.